The summed E-state index contributed by atoms with van der Waals surface area (Å²) < 4.78 is 0. The Morgan fingerprint density at radius 1 is 1.13 bits per heavy atom. The summed E-state index contributed by atoms with van der Waals surface area (Å²) in [6.07, 6.45) is 17.7. The maximum atomic E-state index is 3.77. The normalized spacial score (nSPS) is 16.9. The first-order valence-electron chi connectivity index (χ1n) is 5.22. The maximum absolute atomic E-state index is 3.77. The van der Waals surface area contributed by atoms with Gasteiger partial charge < -0.3 is 0 Å². The van der Waals surface area contributed by atoms with Crippen LogP contribution in [0.25, 0.3) is 0 Å². The second-order valence-corrected chi connectivity index (χ2v) is 2.62. The smallest absolute Gasteiger partial charge is 0.0131 e. The molecule has 0 heterocycles. The molecule has 0 aliphatic heterocycles. The highest BCUT2D eigenvalue weighted by Crippen LogP contribution is 2.16. The van der Waals surface area contributed by atoms with Crippen molar-refractivity contribution in [3.63, 3.8) is 0 Å². The third-order valence-corrected chi connectivity index (χ3v) is 1.74. The van der Waals surface area contributed by atoms with Gasteiger partial charge in [-0.15, -0.1) is 0 Å². The van der Waals surface area contributed by atoms with Crippen molar-refractivity contribution in [2.45, 2.75) is 13.8 Å². The fraction of sp³-hybridized carbons (Fsp3) is 0.133. The van der Waals surface area contributed by atoms with Crippen molar-refractivity contribution >= 4 is 0 Å². The summed E-state index contributed by atoms with van der Waals surface area (Å²) in [5, 5.41) is 0. The average Bonchev–Trinajstić information content (AvgIpc) is 2.34. The molecule has 1 radical (unpaired) electrons. The standard InChI is InChI=1S/C13H13.C2H6/c1-3-5-9-12(4-2)13-10-7-6-8-11-13;1-2/h3-11H,1-2H2;1-2H3/b9-5-;. The Morgan fingerprint density at radius 2 is 1.87 bits per heavy atom. The summed E-state index contributed by atoms with van der Waals surface area (Å²) in [5.74, 6) is 0. The summed E-state index contributed by atoms with van der Waals surface area (Å²) >= 11 is 0. The number of rotatable bonds is 3. The summed E-state index contributed by atoms with van der Waals surface area (Å²) in [6.45, 7) is 11.4. The van der Waals surface area contributed by atoms with Gasteiger partial charge in [0.25, 0.3) is 0 Å². The minimum absolute atomic E-state index is 1.11. The molecule has 0 bridgehead atoms. The second kappa shape index (κ2) is 9.01. The van der Waals surface area contributed by atoms with E-state index in [0.717, 1.165) is 5.57 Å². The van der Waals surface area contributed by atoms with Gasteiger partial charge >= 0.3 is 0 Å². The maximum Gasteiger partial charge on any atom is 0.0131 e. The molecule has 0 amide bonds. The molecule has 0 N–H and O–H groups in total. The van der Waals surface area contributed by atoms with Crippen LogP contribution in [0.15, 0.2) is 72.9 Å². The lowest BCUT2D eigenvalue weighted by molar-refractivity contribution is 1.46. The minimum atomic E-state index is 1.11. The van der Waals surface area contributed by atoms with Gasteiger partial charge in [-0.1, -0.05) is 75.6 Å². The van der Waals surface area contributed by atoms with Gasteiger partial charge in [-0.2, -0.15) is 0 Å². The summed E-state index contributed by atoms with van der Waals surface area (Å²) in [5.41, 5.74) is 2.29. The molecule has 0 aromatic carbocycles. The Labute approximate surface area is 93.7 Å². The molecule has 1 aliphatic carbocycles. The zero-order valence-corrected chi connectivity index (χ0v) is 9.61. The molecule has 0 saturated heterocycles. The Kier molecular flexibility index (Phi) is 8.08. The summed E-state index contributed by atoms with van der Waals surface area (Å²) in [4.78, 5) is 0. The van der Waals surface area contributed by atoms with Crippen LogP contribution in [-0.4, -0.2) is 0 Å². The largest absolute Gasteiger partial charge is 0.0991 e. The molecule has 0 heteroatoms. The van der Waals surface area contributed by atoms with Gasteiger partial charge in [-0.25, -0.2) is 0 Å². The highest BCUT2D eigenvalue weighted by Gasteiger charge is 1.98. The van der Waals surface area contributed by atoms with Crippen molar-refractivity contribution in [2.75, 3.05) is 0 Å². The first-order chi connectivity index (χ1) is 7.38. The molecule has 1 rings (SSSR count). The topological polar surface area (TPSA) is 0 Å². The molecular formula is C15H19. The van der Waals surface area contributed by atoms with E-state index in [1.807, 2.05) is 50.3 Å². The van der Waals surface area contributed by atoms with E-state index in [-0.39, 0.29) is 0 Å². The fourth-order valence-corrected chi connectivity index (χ4v) is 1.08. The van der Waals surface area contributed by atoms with Crippen LogP contribution in [0, 0.1) is 6.42 Å². The van der Waals surface area contributed by atoms with E-state index < -0.39 is 0 Å². The quantitative estimate of drug-likeness (QED) is 0.584. The van der Waals surface area contributed by atoms with Crippen LogP contribution < -0.4 is 0 Å². The van der Waals surface area contributed by atoms with E-state index in [1.165, 1.54) is 5.57 Å². The van der Waals surface area contributed by atoms with Crippen molar-refractivity contribution < 1.29 is 0 Å². The molecule has 0 atom stereocenters. The number of hydrogen-bond acceptors (Lipinski definition) is 0. The Bertz CT molecular complexity index is 309. The molecule has 15 heavy (non-hydrogen) atoms. The van der Waals surface area contributed by atoms with E-state index in [0.29, 0.717) is 0 Å². The Hall–Kier alpha value is -1.56. The first kappa shape index (κ1) is 13.4. The van der Waals surface area contributed by atoms with E-state index in [4.69, 9.17) is 0 Å². The number of allylic oxidation sites excluding steroid dienone is 10. The van der Waals surface area contributed by atoms with E-state index in [1.54, 1.807) is 6.08 Å². The molecule has 79 valence electrons. The van der Waals surface area contributed by atoms with Gasteiger partial charge in [0, 0.05) is 6.42 Å². The minimum Gasteiger partial charge on any atom is -0.0991 e. The van der Waals surface area contributed by atoms with Crippen molar-refractivity contribution in [3.05, 3.63) is 79.3 Å². The van der Waals surface area contributed by atoms with Crippen LogP contribution in [0.4, 0.5) is 0 Å². The molecule has 0 aromatic heterocycles. The molecule has 0 saturated carbocycles. The molecule has 0 unspecified atom stereocenters. The Morgan fingerprint density at radius 3 is 2.33 bits per heavy atom. The molecule has 0 fully saturated rings. The SMILES string of the molecule is C=C/C=C\C(C=C)=C1/[CH]C=CC=C1.CC. The van der Waals surface area contributed by atoms with Crippen LogP contribution >= 0.6 is 0 Å². The van der Waals surface area contributed by atoms with E-state index >= 15 is 0 Å². The second-order valence-electron chi connectivity index (χ2n) is 2.62. The summed E-state index contributed by atoms with van der Waals surface area (Å²) in [6, 6.07) is 0. The summed E-state index contributed by atoms with van der Waals surface area (Å²) in [7, 11) is 0. The molecular weight excluding hydrogens is 180 g/mol. The van der Waals surface area contributed by atoms with Crippen molar-refractivity contribution in [2.24, 2.45) is 0 Å². The van der Waals surface area contributed by atoms with Crippen LogP contribution in [0.5, 0.6) is 0 Å². The third-order valence-electron chi connectivity index (χ3n) is 1.74. The van der Waals surface area contributed by atoms with Crippen LogP contribution in [0.3, 0.4) is 0 Å². The third kappa shape index (κ3) is 5.02. The molecule has 0 aromatic rings. The number of hydrogen-bond donors (Lipinski definition) is 0. The fourth-order valence-electron chi connectivity index (χ4n) is 1.08. The highest BCUT2D eigenvalue weighted by molar-refractivity contribution is 5.49. The highest BCUT2D eigenvalue weighted by atomic mass is 14.0. The zero-order chi connectivity index (χ0) is 11.5. The van der Waals surface area contributed by atoms with Gasteiger partial charge in [-0.3, -0.25) is 0 Å². The first-order valence-corrected chi connectivity index (χ1v) is 5.22. The van der Waals surface area contributed by atoms with Gasteiger partial charge in [0.1, 0.15) is 0 Å². The predicted molar refractivity (Wildman–Crippen MR) is 70.5 cm³/mol. The van der Waals surface area contributed by atoms with Gasteiger partial charge in [0.15, 0.2) is 0 Å². The van der Waals surface area contributed by atoms with Crippen LogP contribution in [0.1, 0.15) is 13.8 Å². The predicted octanol–water partition coefficient (Wildman–Crippen LogP) is 4.57. The lowest BCUT2D eigenvalue weighted by Gasteiger charge is -2.04. The van der Waals surface area contributed by atoms with Crippen LogP contribution in [-0.2, 0) is 0 Å². The molecule has 0 nitrogen and oxygen atoms in total. The van der Waals surface area contributed by atoms with Crippen molar-refractivity contribution in [3.8, 4) is 0 Å². The molecule has 1 aliphatic rings. The van der Waals surface area contributed by atoms with Crippen molar-refractivity contribution in [1.29, 1.82) is 0 Å². The average molecular weight is 199 g/mol. The Balaban J connectivity index is 0.000000921. The van der Waals surface area contributed by atoms with E-state index in [2.05, 4.69) is 25.7 Å². The van der Waals surface area contributed by atoms with E-state index in [9.17, 15) is 0 Å². The lowest BCUT2D eigenvalue weighted by Crippen LogP contribution is -1.86. The monoisotopic (exact) mass is 199 g/mol. The van der Waals surface area contributed by atoms with Gasteiger partial charge in [0.2, 0.25) is 0 Å². The molecule has 0 spiro atoms. The lowest BCUT2D eigenvalue weighted by atomic mass is 10.0. The van der Waals surface area contributed by atoms with Gasteiger partial charge in [-0.05, 0) is 11.1 Å². The van der Waals surface area contributed by atoms with Gasteiger partial charge in [0.05, 0.1) is 0 Å². The zero-order valence-electron chi connectivity index (χ0n) is 9.61. The van der Waals surface area contributed by atoms with Crippen molar-refractivity contribution in [1.82, 2.24) is 0 Å². The van der Waals surface area contributed by atoms with Crippen LogP contribution in [0.2, 0.25) is 0 Å².